The molecule has 5 rings (SSSR count). The Hall–Kier alpha value is -5.51. The molecule has 50 heavy (non-hydrogen) atoms. The summed E-state index contributed by atoms with van der Waals surface area (Å²) >= 11 is 0. The number of ether oxygens (including phenoxy) is 2. The molecule has 1 N–H and O–H groups in total. The Morgan fingerprint density at radius 2 is 1.02 bits per heavy atom. The lowest BCUT2D eigenvalue weighted by Crippen LogP contribution is -2.10. The van der Waals surface area contributed by atoms with Gasteiger partial charge in [-0.25, -0.2) is 4.79 Å². The van der Waals surface area contributed by atoms with E-state index in [4.69, 9.17) is 14.6 Å². The fourth-order valence-electron chi connectivity index (χ4n) is 5.47. The van der Waals surface area contributed by atoms with E-state index >= 15 is 0 Å². The van der Waals surface area contributed by atoms with Gasteiger partial charge in [0.25, 0.3) is 0 Å². The average molecular weight is 691 g/mol. The average Bonchev–Trinajstić information content (AvgIpc) is 3.09. The first-order valence-electron chi connectivity index (χ1n) is 15.6. The van der Waals surface area contributed by atoms with Crippen LogP contribution in [0.4, 0.5) is 26.3 Å². The number of benzene rings is 5. The molecule has 0 fully saturated rings. The number of carbonyl (C=O) groups is 1. The Labute approximate surface area is 285 Å². The Balaban J connectivity index is 1.48. The van der Waals surface area contributed by atoms with Crippen molar-refractivity contribution >= 4 is 11.5 Å². The first-order chi connectivity index (χ1) is 23.7. The summed E-state index contributed by atoms with van der Waals surface area (Å²) in [6.07, 6.45) is -8.27. The van der Waals surface area contributed by atoms with Gasteiger partial charge >= 0.3 is 18.3 Å². The van der Waals surface area contributed by atoms with E-state index in [0.717, 1.165) is 57.7 Å². The summed E-state index contributed by atoms with van der Waals surface area (Å²) in [5, 5.41) is 8.92. The van der Waals surface area contributed by atoms with Crippen molar-refractivity contribution in [3.8, 4) is 33.8 Å². The number of aryl methyl sites for hydroxylation is 1. The predicted octanol–water partition coefficient (Wildman–Crippen LogP) is 11.1. The third-order valence-corrected chi connectivity index (χ3v) is 8.13. The van der Waals surface area contributed by atoms with Crippen molar-refractivity contribution in [1.29, 1.82) is 0 Å². The zero-order valence-corrected chi connectivity index (χ0v) is 27.0. The number of rotatable bonds is 11. The molecule has 5 aromatic carbocycles. The zero-order chi connectivity index (χ0) is 36.1. The van der Waals surface area contributed by atoms with Gasteiger partial charge in [0, 0.05) is 0 Å². The van der Waals surface area contributed by atoms with Gasteiger partial charge in [0.05, 0.1) is 11.1 Å². The van der Waals surface area contributed by atoms with Crippen LogP contribution in [0.2, 0.25) is 0 Å². The SMILES string of the molecule is CCC(COc1ccc(OCC(=O)O)c(C)c1)=C(c1ccc(-c2ccc(C(F)(F)F)cc2)cc1)c1ccc(-c2ccc(C(F)(F)F)cc2)cc1. The topological polar surface area (TPSA) is 55.8 Å². The van der Waals surface area contributed by atoms with Gasteiger partial charge in [0.2, 0.25) is 0 Å². The first-order valence-corrected chi connectivity index (χ1v) is 15.6. The summed E-state index contributed by atoms with van der Waals surface area (Å²) in [5.74, 6) is -0.117. The summed E-state index contributed by atoms with van der Waals surface area (Å²) < 4.78 is 90.1. The molecule has 0 radical (unpaired) electrons. The summed E-state index contributed by atoms with van der Waals surface area (Å²) in [5.41, 5.74) is 5.41. The van der Waals surface area contributed by atoms with Crippen LogP contribution in [0.25, 0.3) is 27.8 Å². The van der Waals surface area contributed by atoms with Crippen molar-refractivity contribution in [2.24, 2.45) is 0 Å². The van der Waals surface area contributed by atoms with Gasteiger partial charge in [-0.15, -0.1) is 0 Å². The van der Waals surface area contributed by atoms with Gasteiger partial charge in [-0.05, 0) is 106 Å². The standard InChI is InChI=1S/C40H32F6O4/c1-3-26(23-49-35-20-21-36(25(2)22-35)50-24-37(47)48)38(31-8-4-27(5-9-31)29-12-16-33(17-13-29)39(41,42)43)32-10-6-28(7-11-32)30-14-18-34(19-15-30)40(44,45)46/h4-22H,3,23-24H2,1-2H3,(H,47,48). The quantitative estimate of drug-likeness (QED) is 0.140. The maximum atomic E-state index is 13.1. The van der Waals surface area contributed by atoms with Gasteiger partial charge in [0.1, 0.15) is 18.1 Å². The summed E-state index contributed by atoms with van der Waals surface area (Å²) in [6, 6.07) is 29.9. The van der Waals surface area contributed by atoms with Gasteiger partial charge < -0.3 is 14.6 Å². The van der Waals surface area contributed by atoms with Gasteiger partial charge in [0.15, 0.2) is 6.61 Å². The minimum atomic E-state index is -4.43. The monoisotopic (exact) mass is 690 g/mol. The Morgan fingerprint density at radius 1 is 0.600 bits per heavy atom. The van der Waals surface area contributed by atoms with Crippen LogP contribution in [0, 0.1) is 6.92 Å². The largest absolute Gasteiger partial charge is 0.489 e. The highest BCUT2D eigenvalue weighted by molar-refractivity contribution is 5.84. The highest BCUT2D eigenvalue weighted by atomic mass is 19.4. The molecular weight excluding hydrogens is 658 g/mol. The van der Waals surface area contributed by atoms with Crippen molar-refractivity contribution in [1.82, 2.24) is 0 Å². The molecule has 258 valence electrons. The van der Waals surface area contributed by atoms with E-state index < -0.39 is 36.1 Å². The number of carboxylic acid groups (broad SMARTS) is 1. The van der Waals surface area contributed by atoms with Crippen LogP contribution in [0.15, 0.2) is 121 Å². The lowest BCUT2D eigenvalue weighted by Gasteiger charge is -2.18. The van der Waals surface area contributed by atoms with Crippen molar-refractivity contribution in [2.45, 2.75) is 32.6 Å². The van der Waals surface area contributed by atoms with Crippen LogP contribution in [-0.4, -0.2) is 24.3 Å². The van der Waals surface area contributed by atoms with E-state index in [1.165, 1.54) is 24.3 Å². The smallest absolute Gasteiger partial charge is 0.416 e. The van der Waals surface area contributed by atoms with Crippen LogP contribution >= 0.6 is 0 Å². The molecule has 0 aliphatic carbocycles. The van der Waals surface area contributed by atoms with Crippen LogP contribution in [0.3, 0.4) is 0 Å². The van der Waals surface area contributed by atoms with Crippen LogP contribution in [0.5, 0.6) is 11.5 Å². The maximum Gasteiger partial charge on any atom is 0.416 e. The summed E-state index contributed by atoms with van der Waals surface area (Å²) in [6.45, 7) is 3.49. The van der Waals surface area contributed by atoms with Gasteiger partial charge in [-0.2, -0.15) is 26.3 Å². The molecule has 0 amide bonds. The molecule has 0 bridgehead atoms. The van der Waals surface area contributed by atoms with Crippen LogP contribution < -0.4 is 9.47 Å². The normalized spacial score (nSPS) is 11.6. The predicted molar refractivity (Wildman–Crippen MR) is 180 cm³/mol. The van der Waals surface area contributed by atoms with E-state index in [2.05, 4.69) is 0 Å². The molecule has 5 aromatic rings. The summed E-state index contributed by atoms with van der Waals surface area (Å²) in [4.78, 5) is 10.9. The lowest BCUT2D eigenvalue weighted by atomic mass is 9.90. The third kappa shape index (κ3) is 8.74. The van der Waals surface area contributed by atoms with Crippen molar-refractivity contribution in [3.63, 3.8) is 0 Å². The van der Waals surface area contributed by atoms with Gasteiger partial charge in [-0.3, -0.25) is 0 Å². The molecule has 0 saturated carbocycles. The number of carboxylic acids is 1. The summed E-state index contributed by atoms with van der Waals surface area (Å²) in [7, 11) is 0. The Kier molecular flexibility index (Phi) is 10.7. The minimum Gasteiger partial charge on any atom is -0.489 e. The van der Waals surface area contributed by atoms with E-state index in [-0.39, 0.29) is 6.61 Å². The van der Waals surface area contributed by atoms with E-state index in [1.807, 2.05) is 55.5 Å². The fraction of sp³-hybridized carbons (Fsp3) is 0.175. The second kappa shape index (κ2) is 14.9. The van der Waals surface area contributed by atoms with Gasteiger partial charge in [-0.1, -0.05) is 79.7 Å². The minimum absolute atomic E-state index is 0.196. The Bertz CT molecular complexity index is 1860. The molecule has 10 heteroatoms. The molecule has 0 atom stereocenters. The molecule has 4 nitrogen and oxygen atoms in total. The number of halogens is 6. The van der Waals surface area contributed by atoms with E-state index in [1.54, 1.807) is 25.1 Å². The first kappa shape index (κ1) is 35.8. The fourth-order valence-corrected chi connectivity index (χ4v) is 5.47. The number of hydrogen-bond donors (Lipinski definition) is 1. The number of aliphatic carboxylic acids is 1. The van der Waals surface area contributed by atoms with Crippen LogP contribution in [-0.2, 0) is 17.1 Å². The van der Waals surface area contributed by atoms with E-state index in [0.29, 0.717) is 34.6 Å². The molecule has 0 spiro atoms. The number of hydrogen-bond acceptors (Lipinski definition) is 3. The van der Waals surface area contributed by atoms with E-state index in [9.17, 15) is 31.1 Å². The second-order valence-electron chi connectivity index (χ2n) is 11.5. The molecule has 0 heterocycles. The maximum absolute atomic E-state index is 13.1. The third-order valence-electron chi connectivity index (χ3n) is 8.13. The molecular formula is C40H32F6O4. The number of alkyl halides is 6. The van der Waals surface area contributed by atoms with Crippen molar-refractivity contribution in [3.05, 3.63) is 149 Å². The molecule has 0 aliphatic rings. The van der Waals surface area contributed by atoms with Crippen molar-refractivity contribution < 1.29 is 45.7 Å². The lowest BCUT2D eigenvalue weighted by molar-refractivity contribution is -0.139. The molecule has 0 aromatic heterocycles. The zero-order valence-electron chi connectivity index (χ0n) is 27.0. The molecule has 0 unspecified atom stereocenters. The molecule has 0 saturated heterocycles. The molecule has 0 aliphatic heterocycles. The highest BCUT2D eigenvalue weighted by Gasteiger charge is 2.30. The van der Waals surface area contributed by atoms with Crippen molar-refractivity contribution in [2.75, 3.05) is 13.2 Å². The van der Waals surface area contributed by atoms with Crippen LogP contribution in [0.1, 0.15) is 41.2 Å². The highest BCUT2D eigenvalue weighted by Crippen LogP contribution is 2.35. The Morgan fingerprint density at radius 3 is 1.38 bits per heavy atom. The second-order valence-corrected chi connectivity index (χ2v) is 11.5.